The molecule has 2 aromatic carbocycles. The van der Waals surface area contributed by atoms with Crippen LogP contribution in [0.4, 0.5) is 11.4 Å². The smallest absolute Gasteiger partial charge is 0.256 e. The number of hydrogen-bond acceptors (Lipinski definition) is 6. The Morgan fingerprint density at radius 3 is 1.42 bits per heavy atom. The van der Waals surface area contributed by atoms with Gasteiger partial charge in [0.2, 0.25) is 11.8 Å². The second kappa shape index (κ2) is 15.7. The number of amides is 4. The second-order valence-corrected chi connectivity index (χ2v) is 12.6. The number of anilines is 2. The van der Waals surface area contributed by atoms with Crippen molar-refractivity contribution < 1.29 is 19.2 Å². The van der Waals surface area contributed by atoms with Crippen LogP contribution in [0.2, 0.25) is 0 Å². The molecule has 4 amide bonds. The van der Waals surface area contributed by atoms with Crippen LogP contribution in [0.3, 0.4) is 0 Å². The van der Waals surface area contributed by atoms with Crippen molar-refractivity contribution in [3.05, 3.63) is 119 Å². The lowest BCUT2D eigenvalue weighted by Crippen LogP contribution is -2.43. The van der Waals surface area contributed by atoms with E-state index in [0.29, 0.717) is 48.4 Å². The van der Waals surface area contributed by atoms with E-state index in [-0.39, 0.29) is 23.6 Å². The van der Waals surface area contributed by atoms with Crippen molar-refractivity contribution in [3.8, 4) is 0 Å². The van der Waals surface area contributed by atoms with Crippen molar-refractivity contribution in [2.75, 3.05) is 23.7 Å². The molecule has 0 spiro atoms. The maximum absolute atomic E-state index is 13.3. The van der Waals surface area contributed by atoms with Gasteiger partial charge in [0.05, 0.1) is 11.1 Å². The van der Waals surface area contributed by atoms with Crippen LogP contribution in [0.25, 0.3) is 12.2 Å². The number of carbonyl (C=O) groups excluding carboxylic acids is 4. The lowest BCUT2D eigenvalue weighted by Gasteiger charge is -2.24. The van der Waals surface area contributed by atoms with Gasteiger partial charge in [-0.2, -0.15) is 0 Å². The van der Waals surface area contributed by atoms with E-state index in [9.17, 15) is 19.2 Å². The van der Waals surface area contributed by atoms with Gasteiger partial charge in [0.25, 0.3) is 11.8 Å². The molecule has 2 atom stereocenters. The molecule has 2 N–H and O–H groups in total. The number of pyridine rings is 2. The molecular weight excluding hydrogens is 628 g/mol. The number of nitrogens with one attached hydrogen (secondary N) is 2. The molecule has 6 rings (SSSR count). The monoisotopic (exact) mass is 670 g/mol. The summed E-state index contributed by atoms with van der Waals surface area (Å²) >= 11 is 0. The van der Waals surface area contributed by atoms with Gasteiger partial charge in [-0.3, -0.25) is 29.1 Å². The Balaban J connectivity index is 1.02. The maximum atomic E-state index is 13.3. The lowest BCUT2D eigenvalue weighted by atomic mass is 10.1. The molecule has 0 bridgehead atoms. The summed E-state index contributed by atoms with van der Waals surface area (Å²) in [5, 5.41) is 5.96. The molecule has 0 unspecified atom stereocenters. The minimum atomic E-state index is -0.528. The number of nitrogens with zero attached hydrogens (tertiary/aromatic N) is 4. The Morgan fingerprint density at radius 1 is 0.640 bits per heavy atom. The largest absolute Gasteiger partial charge is 0.327 e. The van der Waals surface area contributed by atoms with E-state index in [0.717, 1.165) is 47.9 Å². The molecule has 2 saturated heterocycles. The third-order valence-corrected chi connectivity index (χ3v) is 9.50. The minimum Gasteiger partial charge on any atom is -0.327 e. The molecule has 4 heterocycles. The molecule has 2 aromatic heterocycles. The van der Waals surface area contributed by atoms with Crippen LogP contribution >= 0.6 is 0 Å². The molecule has 4 aromatic rings. The van der Waals surface area contributed by atoms with E-state index in [1.54, 1.807) is 34.6 Å². The number of rotatable bonds is 10. The average molecular weight is 671 g/mol. The Hall–Kier alpha value is -5.64. The van der Waals surface area contributed by atoms with Gasteiger partial charge < -0.3 is 20.4 Å². The summed E-state index contributed by atoms with van der Waals surface area (Å²) in [6, 6.07) is 17.7. The Morgan fingerprint density at radius 2 is 1.04 bits per heavy atom. The van der Waals surface area contributed by atoms with Gasteiger partial charge in [-0.25, -0.2) is 0 Å². The Labute approximate surface area is 292 Å². The number of aromatic nitrogens is 2. The molecule has 0 radical (unpaired) electrons. The third-order valence-electron chi connectivity index (χ3n) is 9.50. The lowest BCUT2D eigenvalue weighted by molar-refractivity contribution is -0.120. The number of likely N-dealkylation sites (tertiary alicyclic amines) is 2. The fraction of sp³-hybridized carbons (Fsp3) is 0.300. The molecule has 50 heavy (non-hydrogen) atoms. The van der Waals surface area contributed by atoms with Crippen LogP contribution in [0, 0.1) is 0 Å². The normalized spacial score (nSPS) is 17.2. The first kappa shape index (κ1) is 34.2. The van der Waals surface area contributed by atoms with Crippen molar-refractivity contribution in [1.29, 1.82) is 0 Å². The summed E-state index contributed by atoms with van der Waals surface area (Å²) in [5.74, 6) is -0.690. The summed E-state index contributed by atoms with van der Waals surface area (Å²) in [6.07, 6.45) is 14.7. The summed E-state index contributed by atoms with van der Waals surface area (Å²) in [6.45, 7) is 5.08. The summed E-state index contributed by atoms with van der Waals surface area (Å²) in [4.78, 5) is 64.7. The fourth-order valence-electron chi connectivity index (χ4n) is 6.72. The molecule has 2 aliphatic rings. The van der Waals surface area contributed by atoms with Crippen LogP contribution < -0.4 is 10.6 Å². The molecule has 0 saturated carbocycles. The number of benzene rings is 2. The predicted molar refractivity (Wildman–Crippen MR) is 194 cm³/mol. The maximum Gasteiger partial charge on any atom is 0.256 e. The average Bonchev–Trinajstić information content (AvgIpc) is 3.86. The van der Waals surface area contributed by atoms with Crippen molar-refractivity contribution in [1.82, 2.24) is 19.8 Å². The zero-order valence-electron chi connectivity index (χ0n) is 28.5. The second-order valence-electron chi connectivity index (χ2n) is 12.6. The predicted octanol–water partition coefficient (Wildman–Crippen LogP) is 6.26. The van der Waals surface area contributed by atoms with Crippen LogP contribution in [0.1, 0.15) is 82.5 Å². The van der Waals surface area contributed by atoms with E-state index >= 15 is 0 Å². The first-order chi connectivity index (χ1) is 24.4. The SMILES string of the molecule is CCc1ccncc1C(=O)N1CCC[C@H]1C(=O)Nc1ccc(/C=C/c2ccc(NC(=O)[C@@H]3CCCN3C(=O)c3cnccc3CC)cc2)cc1. The highest BCUT2D eigenvalue weighted by molar-refractivity contribution is 6.03. The first-order valence-corrected chi connectivity index (χ1v) is 17.3. The third kappa shape index (κ3) is 7.64. The summed E-state index contributed by atoms with van der Waals surface area (Å²) < 4.78 is 0. The zero-order valence-corrected chi connectivity index (χ0v) is 28.5. The van der Waals surface area contributed by atoms with Crippen LogP contribution in [0.15, 0.2) is 85.5 Å². The van der Waals surface area contributed by atoms with Crippen molar-refractivity contribution in [2.45, 2.75) is 64.5 Å². The molecule has 10 nitrogen and oxygen atoms in total. The van der Waals surface area contributed by atoms with Crippen molar-refractivity contribution in [3.63, 3.8) is 0 Å². The molecule has 0 aliphatic carbocycles. The quantitative estimate of drug-likeness (QED) is 0.192. The van der Waals surface area contributed by atoms with Gasteiger partial charge in [-0.1, -0.05) is 50.3 Å². The van der Waals surface area contributed by atoms with E-state index < -0.39 is 12.1 Å². The van der Waals surface area contributed by atoms with Gasteiger partial charge >= 0.3 is 0 Å². The topological polar surface area (TPSA) is 125 Å². The van der Waals surface area contributed by atoms with Crippen LogP contribution in [0.5, 0.6) is 0 Å². The highest BCUT2D eigenvalue weighted by Crippen LogP contribution is 2.25. The molecule has 10 heteroatoms. The van der Waals surface area contributed by atoms with E-state index in [1.807, 2.05) is 86.7 Å². The Bertz CT molecular complexity index is 1750. The zero-order chi connectivity index (χ0) is 35.0. The first-order valence-electron chi connectivity index (χ1n) is 17.3. The van der Waals surface area contributed by atoms with Gasteiger partial charge in [-0.15, -0.1) is 0 Å². The van der Waals surface area contributed by atoms with Crippen molar-refractivity contribution in [2.24, 2.45) is 0 Å². The van der Waals surface area contributed by atoms with Crippen molar-refractivity contribution >= 4 is 47.2 Å². The molecule has 256 valence electrons. The Kier molecular flexibility index (Phi) is 10.8. The van der Waals surface area contributed by atoms with Gasteiger partial charge in [-0.05, 0) is 97.2 Å². The standard InChI is InChI=1S/C40H42N6O4/c1-3-29-19-21-41-25-33(29)39(49)45-23-5-7-35(45)37(47)43-31-15-11-27(12-16-31)9-10-28-13-17-32(18-14-28)44-38(48)36-8-6-24-46(36)40(50)34-26-42-22-20-30(34)4-2/h9-22,25-26,35-36H,3-8,23-24H2,1-2H3,(H,43,47)(H,44,48)/b10-9+/t35-,36-/m0/s1. The summed E-state index contributed by atoms with van der Waals surface area (Å²) in [5.41, 5.74) is 6.19. The number of aryl methyl sites for hydroxylation is 2. The van der Waals surface area contributed by atoms with Crippen LogP contribution in [-0.2, 0) is 22.4 Å². The van der Waals surface area contributed by atoms with Gasteiger partial charge in [0.15, 0.2) is 0 Å². The minimum absolute atomic E-state index is 0.150. The summed E-state index contributed by atoms with van der Waals surface area (Å²) in [7, 11) is 0. The highest BCUT2D eigenvalue weighted by atomic mass is 16.2. The van der Waals surface area contributed by atoms with E-state index in [4.69, 9.17) is 0 Å². The highest BCUT2D eigenvalue weighted by Gasteiger charge is 2.36. The number of carbonyl (C=O) groups is 4. The fourth-order valence-corrected chi connectivity index (χ4v) is 6.72. The molecule has 2 aliphatic heterocycles. The van der Waals surface area contributed by atoms with Gasteiger partial charge in [0.1, 0.15) is 12.1 Å². The van der Waals surface area contributed by atoms with E-state index in [2.05, 4.69) is 20.6 Å². The van der Waals surface area contributed by atoms with Gasteiger partial charge in [0, 0.05) is 49.3 Å². The van der Waals surface area contributed by atoms with Crippen LogP contribution in [-0.4, -0.2) is 68.6 Å². The molecule has 2 fully saturated rings. The molecular formula is C40H42N6O4. The van der Waals surface area contributed by atoms with E-state index in [1.165, 1.54) is 0 Å². The number of hydrogen-bond donors (Lipinski definition) is 2.